The summed E-state index contributed by atoms with van der Waals surface area (Å²) in [4.78, 5) is 21.9. The van der Waals surface area contributed by atoms with Gasteiger partial charge in [-0.2, -0.15) is 0 Å². The van der Waals surface area contributed by atoms with E-state index in [0.29, 0.717) is 30.8 Å². The minimum Gasteiger partial charge on any atom is -0.508 e. The van der Waals surface area contributed by atoms with E-state index in [0.717, 1.165) is 44.4 Å². The molecule has 1 saturated carbocycles. The predicted molar refractivity (Wildman–Crippen MR) is 120 cm³/mol. The van der Waals surface area contributed by atoms with E-state index in [1.165, 1.54) is 37.7 Å². The van der Waals surface area contributed by atoms with Crippen LogP contribution in [0.25, 0.3) is 0 Å². The van der Waals surface area contributed by atoms with Gasteiger partial charge in [0, 0.05) is 32.1 Å². The van der Waals surface area contributed by atoms with Crippen molar-refractivity contribution in [1.29, 1.82) is 0 Å². The number of carbonyl (C=O) groups is 1. The second-order valence-electron chi connectivity index (χ2n) is 9.25. The summed E-state index contributed by atoms with van der Waals surface area (Å²) < 4.78 is 0. The van der Waals surface area contributed by atoms with E-state index in [-0.39, 0.29) is 5.91 Å². The van der Waals surface area contributed by atoms with Crippen molar-refractivity contribution in [3.8, 4) is 5.75 Å². The summed E-state index contributed by atoms with van der Waals surface area (Å²) in [6, 6.07) is 8.28. The number of phenols is 1. The minimum atomic E-state index is 0.188. The Kier molecular flexibility index (Phi) is 6.80. The number of phenolic OH excluding ortho intramolecular Hbond substituents is 1. The largest absolute Gasteiger partial charge is 0.508 e. The normalized spacial score (nSPS) is 24.1. The Hall–Kier alpha value is -2.24. The van der Waals surface area contributed by atoms with Crippen LogP contribution in [0.3, 0.4) is 0 Å². The first-order valence-electron chi connectivity index (χ1n) is 11.7. The summed E-state index contributed by atoms with van der Waals surface area (Å²) in [5.74, 6) is 2.33. The highest BCUT2D eigenvalue weighted by molar-refractivity contribution is 5.84. The molecule has 1 amide bonds. The summed E-state index contributed by atoms with van der Waals surface area (Å²) in [6.45, 7) is 5.50. The maximum atomic E-state index is 12.3. The van der Waals surface area contributed by atoms with E-state index in [4.69, 9.17) is 4.99 Å². The van der Waals surface area contributed by atoms with Crippen molar-refractivity contribution in [2.24, 2.45) is 10.9 Å². The van der Waals surface area contributed by atoms with Crippen molar-refractivity contribution in [2.45, 2.75) is 70.4 Å². The number of hydrogen-bond donors (Lipinski definition) is 2. The molecule has 2 atom stereocenters. The molecule has 1 aromatic rings. The number of aliphatic imine (C=N–C) groups is 1. The van der Waals surface area contributed by atoms with Crippen LogP contribution in [-0.4, -0.2) is 65.0 Å². The summed E-state index contributed by atoms with van der Waals surface area (Å²) in [5, 5.41) is 12.7. The quantitative estimate of drug-likeness (QED) is 0.688. The molecule has 6 heteroatoms. The summed E-state index contributed by atoms with van der Waals surface area (Å²) in [5.41, 5.74) is 1.22. The monoisotopic (exact) mass is 412 g/mol. The maximum Gasteiger partial charge on any atom is 0.220 e. The van der Waals surface area contributed by atoms with Crippen LogP contribution in [0.1, 0.15) is 57.4 Å². The highest BCUT2D eigenvalue weighted by Gasteiger charge is 2.40. The van der Waals surface area contributed by atoms with Gasteiger partial charge in [-0.15, -0.1) is 0 Å². The lowest BCUT2D eigenvalue weighted by Gasteiger charge is -2.25. The van der Waals surface area contributed by atoms with Crippen molar-refractivity contribution in [2.75, 3.05) is 26.2 Å². The molecule has 1 saturated heterocycles. The van der Waals surface area contributed by atoms with Crippen LogP contribution in [0, 0.1) is 5.92 Å². The molecule has 1 aliphatic carbocycles. The Bertz CT molecular complexity index is 742. The number of amides is 1. The molecule has 2 aliphatic heterocycles. The van der Waals surface area contributed by atoms with E-state index in [1.807, 2.05) is 12.1 Å². The number of hydrogen-bond acceptors (Lipinski definition) is 5. The zero-order valence-electron chi connectivity index (χ0n) is 18.2. The third-order valence-corrected chi connectivity index (χ3v) is 6.98. The first-order chi connectivity index (χ1) is 14.6. The van der Waals surface area contributed by atoms with Crippen LogP contribution in [0.4, 0.5) is 0 Å². The predicted octanol–water partition coefficient (Wildman–Crippen LogP) is 3.16. The fraction of sp³-hybridized carbons (Fsp3) is 0.667. The van der Waals surface area contributed by atoms with Gasteiger partial charge in [0.25, 0.3) is 0 Å². The molecule has 30 heavy (non-hydrogen) atoms. The second kappa shape index (κ2) is 9.71. The van der Waals surface area contributed by atoms with Gasteiger partial charge in [-0.05, 0) is 43.4 Å². The number of benzene rings is 1. The molecule has 4 rings (SSSR count). The molecule has 0 bridgehead atoms. The minimum absolute atomic E-state index is 0.188. The highest BCUT2D eigenvalue weighted by Crippen LogP contribution is 2.28. The Morgan fingerprint density at radius 3 is 2.73 bits per heavy atom. The number of carbonyl (C=O) groups excluding carboxylic acids is 1. The van der Waals surface area contributed by atoms with E-state index in [9.17, 15) is 9.90 Å². The molecule has 3 aliphatic rings. The topological polar surface area (TPSA) is 68.2 Å². The zero-order chi connectivity index (χ0) is 20.9. The molecule has 0 spiro atoms. The van der Waals surface area contributed by atoms with Gasteiger partial charge in [0.15, 0.2) is 5.96 Å². The van der Waals surface area contributed by atoms with Crippen molar-refractivity contribution >= 4 is 11.9 Å². The Morgan fingerprint density at radius 1 is 1.20 bits per heavy atom. The van der Waals surface area contributed by atoms with E-state index < -0.39 is 0 Å². The average molecular weight is 413 g/mol. The lowest BCUT2D eigenvalue weighted by atomic mass is 9.86. The van der Waals surface area contributed by atoms with Gasteiger partial charge in [-0.3, -0.25) is 9.79 Å². The summed E-state index contributed by atoms with van der Waals surface area (Å²) in [7, 11) is 0. The lowest BCUT2D eigenvalue weighted by molar-refractivity contribution is -0.121. The number of nitrogens with zero attached hydrogens (tertiary/aromatic N) is 3. The van der Waals surface area contributed by atoms with Gasteiger partial charge in [-0.25, -0.2) is 0 Å². The number of rotatable bonds is 8. The van der Waals surface area contributed by atoms with Crippen LogP contribution >= 0.6 is 0 Å². The Balaban J connectivity index is 1.28. The molecule has 1 aromatic carbocycles. The molecule has 2 N–H and O–H groups in total. The SMILES string of the molecule is C[C@H]1CN=C2N(CCNC(=O)CCC3CCCCC3)[C@H](Cc3ccc(O)cc3)CN21. The summed E-state index contributed by atoms with van der Waals surface area (Å²) >= 11 is 0. The Labute approximate surface area is 180 Å². The number of guanidine groups is 1. The van der Waals surface area contributed by atoms with Crippen molar-refractivity contribution < 1.29 is 9.90 Å². The fourth-order valence-corrected chi connectivity index (χ4v) is 5.18. The molecular weight excluding hydrogens is 376 g/mol. The van der Waals surface area contributed by atoms with E-state index in [1.54, 1.807) is 12.1 Å². The van der Waals surface area contributed by atoms with Crippen LogP contribution in [0.15, 0.2) is 29.3 Å². The van der Waals surface area contributed by atoms with Gasteiger partial charge in [-0.1, -0.05) is 44.2 Å². The van der Waals surface area contributed by atoms with Gasteiger partial charge >= 0.3 is 0 Å². The molecule has 0 aromatic heterocycles. The van der Waals surface area contributed by atoms with E-state index >= 15 is 0 Å². The standard InChI is InChI=1S/C24H36N4O2/c1-18-16-26-24-27(14-13-25-23(30)12-9-19-5-3-2-4-6-19)21(17-28(18)24)15-20-7-10-22(29)11-8-20/h7-8,10-11,18-19,21,29H,2-6,9,12-17H2,1H3,(H,25,30)/t18-,21+/m0/s1. The van der Waals surface area contributed by atoms with Crippen LogP contribution in [-0.2, 0) is 11.2 Å². The summed E-state index contributed by atoms with van der Waals surface area (Å²) in [6.07, 6.45) is 9.24. The molecule has 0 unspecified atom stereocenters. The third-order valence-electron chi connectivity index (χ3n) is 6.98. The van der Waals surface area contributed by atoms with Gasteiger partial charge in [0.1, 0.15) is 5.75 Å². The number of nitrogens with one attached hydrogen (secondary N) is 1. The number of aromatic hydroxyl groups is 1. The first kappa shape index (κ1) is 21.0. The Morgan fingerprint density at radius 2 is 1.97 bits per heavy atom. The maximum absolute atomic E-state index is 12.3. The van der Waals surface area contributed by atoms with Crippen molar-refractivity contribution in [3.05, 3.63) is 29.8 Å². The molecule has 2 fully saturated rings. The van der Waals surface area contributed by atoms with Gasteiger partial charge in [0.2, 0.25) is 5.91 Å². The second-order valence-corrected chi connectivity index (χ2v) is 9.25. The van der Waals surface area contributed by atoms with Gasteiger partial charge < -0.3 is 20.2 Å². The zero-order valence-corrected chi connectivity index (χ0v) is 18.2. The van der Waals surface area contributed by atoms with Crippen LogP contribution in [0.2, 0.25) is 0 Å². The fourth-order valence-electron chi connectivity index (χ4n) is 5.18. The van der Waals surface area contributed by atoms with E-state index in [2.05, 4.69) is 22.0 Å². The smallest absolute Gasteiger partial charge is 0.220 e. The molecule has 0 radical (unpaired) electrons. The molecule has 164 valence electrons. The molecule has 6 nitrogen and oxygen atoms in total. The van der Waals surface area contributed by atoms with Crippen molar-refractivity contribution in [3.63, 3.8) is 0 Å². The average Bonchev–Trinajstić information content (AvgIpc) is 3.28. The first-order valence-corrected chi connectivity index (χ1v) is 11.7. The number of fused-ring (bicyclic) bond motifs is 1. The third kappa shape index (κ3) is 5.08. The molecule has 2 heterocycles. The van der Waals surface area contributed by atoms with Crippen molar-refractivity contribution in [1.82, 2.24) is 15.1 Å². The van der Waals surface area contributed by atoms with Gasteiger partial charge in [0.05, 0.1) is 12.6 Å². The lowest BCUT2D eigenvalue weighted by Crippen LogP contribution is -2.42. The molecular formula is C24H36N4O2. The van der Waals surface area contributed by atoms with Crippen LogP contribution < -0.4 is 5.32 Å². The van der Waals surface area contributed by atoms with Crippen LogP contribution in [0.5, 0.6) is 5.75 Å². The highest BCUT2D eigenvalue weighted by atomic mass is 16.3.